The second kappa shape index (κ2) is 5.61. The van der Waals surface area contributed by atoms with Crippen molar-refractivity contribution in [1.29, 1.82) is 0 Å². The van der Waals surface area contributed by atoms with Crippen LogP contribution in [0.25, 0.3) is 0 Å². The lowest BCUT2D eigenvalue weighted by Crippen LogP contribution is -2.58. The van der Waals surface area contributed by atoms with Gasteiger partial charge >= 0.3 is 0 Å². The van der Waals surface area contributed by atoms with Crippen LogP contribution in [-0.2, 0) is 9.59 Å². The molecule has 1 aliphatic heterocycles. The molecule has 0 spiro atoms. The van der Waals surface area contributed by atoms with Crippen LogP contribution in [0.2, 0.25) is 0 Å². The van der Waals surface area contributed by atoms with E-state index in [1.807, 2.05) is 13.8 Å². The molecule has 108 valence electrons. The summed E-state index contributed by atoms with van der Waals surface area (Å²) < 4.78 is 13.6. The van der Waals surface area contributed by atoms with Crippen molar-refractivity contribution in [2.45, 2.75) is 39.3 Å². The molecule has 20 heavy (non-hydrogen) atoms. The lowest BCUT2D eigenvalue weighted by molar-refractivity contribution is -0.146. The number of carbonyl (C=O) groups is 2. The Morgan fingerprint density at radius 3 is 2.75 bits per heavy atom. The molecule has 4 nitrogen and oxygen atoms in total. The van der Waals surface area contributed by atoms with E-state index in [0.29, 0.717) is 17.5 Å². The van der Waals surface area contributed by atoms with Crippen LogP contribution in [0.3, 0.4) is 0 Å². The lowest BCUT2D eigenvalue weighted by Gasteiger charge is -2.36. The van der Waals surface area contributed by atoms with Crippen molar-refractivity contribution >= 4 is 11.8 Å². The van der Waals surface area contributed by atoms with E-state index in [4.69, 9.17) is 0 Å². The number of hydrogen-bond donors (Lipinski definition) is 1. The molecule has 1 heterocycles. The first-order valence-corrected chi connectivity index (χ1v) is 6.80. The minimum absolute atomic E-state index is 0.0198. The number of halogens is 1. The molecular weight excluding hydrogens is 259 g/mol. The van der Waals surface area contributed by atoms with E-state index < -0.39 is 6.04 Å². The highest BCUT2D eigenvalue weighted by atomic mass is 19.1. The molecule has 1 fully saturated rings. The Morgan fingerprint density at radius 1 is 1.45 bits per heavy atom. The largest absolute Gasteiger partial charge is 0.343 e. The summed E-state index contributed by atoms with van der Waals surface area (Å²) in [6.07, 6.45) is 0.552. The molecule has 1 saturated heterocycles. The van der Waals surface area contributed by atoms with Crippen molar-refractivity contribution in [3.63, 3.8) is 0 Å². The van der Waals surface area contributed by atoms with Crippen LogP contribution in [0.15, 0.2) is 18.2 Å². The summed E-state index contributed by atoms with van der Waals surface area (Å²) in [7, 11) is 0. The summed E-state index contributed by atoms with van der Waals surface area (Å²) in [4.78, 5) is 25.5. The fourth-order valence-electron chi connectivity index (χ4n) is 2.39. The zero-order chi connectivity index (χ0) is 14.9. The molecule has 1 aliphatic rings. The molecule has 1 aromatic rings. The highest BCUT2D eigenvalue weighted by molar-refractivity contribution is 5.95. The molecule has 5 heteroatoms. The summed E-state index contributed by atoms with van der Waals surface area (Å²) in [5.41, 5.74) is 1.26. The number of amides is 2. The molecule has 0 bridgehead atoms. The highest BCUT2D eigenvalue weighted by Crippen LogP contribution is 2.24. The van der Waals surface area contributed by atoms with Gasteiger partial charge in [-0.3, -0.25) is 9.59 Å². The minimum Gasteiger partial charge on any atom is -0.343 e. The number of hydrogen-bond acceptors (Lipinski definition) is 2. The van der Waals surface area contributed by atoms with Crippen molar-refractivity contribution in [2.75, 3.05) is 6.54 Å². The van der Waals surface area contributed by atoms with E-state index in [2.05, 4.69) is 5.32 Å². The lowest BCUT2D eigenvalue weighted by atomic mass is 10.0. The molecule has 2 amide bonds. The molecule has 1 N–H and O–H groups in total. The zero-order valence-corrected chi connectivity index (χ0v) is 11.9. The fraction of sp³-hybridized carbons (Fsp3) is 0.467. The van der Waals surface area contributed by atoms with Gasteiger partial charge in [0, 0.05) is 0 Å². The van der Waals surface area contributed by atoms with Gasteiger partial charge in [0.1, 0.15) is 18.4 Å². The summed E-state index contributed by atoms with van der Waals surface area (Å²) in [5.74, 6) is -0.577. The van der Waals surface area contributed by atoms with Crippen molar-refractivity contribution < 1.29 is 14.0 Å². The van der Waals surface area contributed by atoms with Gasteiger partial charge in [-0.1, -0.05) is 19.1 Å². The van der Waals surface area contributed by atoms with Crippen molar-refractivity contribution in [3.8, 4) is 0 Å². The Labute approximate surface area is 118 Å². The SMILES string of the molecule is CCC1NC(=O)CN(C(C)c2ccc(C)c(F)c2)C1=O. The molecule has 0 aromatic heterocycles. The number of piperazine rings is 1. The Hall–Kier alpha value is -1.91. The summed E-state index contributed by atoms with van der Waals surface area (Å²) in [6, 6.07) is 4.11. The van der Waals surface area contributed by atoms with Crippen LogP contribution in [-0.4, -0.2) is 29.3 Å². The first-order valence-electron chi connectivity index (χ1n) is 6.80. The van der Waals surface area contributed by atoms with Gasteiger partial charge in [-0.2, -0.15) is 0 Å². The Bertz CT molecular complexity index is 545. The van der Waals surface area contributed by atoms with Crippen molar-refractivity contribution in [1.82, 2.24) is 10.2 Å². The van der Waals surface area contributed by atoms with Crippen molar-refractivity contribution in [2.24, 2.45) is 0 Å². The van der Waals surface area contributed by atoms with Crippen LogP contribution in [0.5, 0.6) is 0 Å². The van der Waals surface area contributed by atoms with Crippen LogP contribution in [0.1, 0.15) is 37.4 Å². The molecule has 2 rings (SSSR count). The Kier molecular flexibility index (Phi) is 4.06. The first-order chi connectivity index (χ1) is 9.43. The van der Waals surface area contributed by atoms with Gasteiger partial charge in [-0.25, -0.2) is 4.39 Å². The Morgan fingerprint density at radius 2 is 2.15 bits per heavy atom. The maximum absolute atomic E-state index is 13.6. The van der Waals surface area contributed by atoms with Crippen LogP contribution in [0.4, 0.5) is 4.39 Å². The van der Waals surface area contributed by atoms with Crippen molar-refractivity contribution in [3.05, 3.63) is 35.1 Å². The Balaban J connectivity index is 2.26. The molecule has 0 saturated carbocycles. The number of aryl methyl sites for hydroxylation is 1. The van der Waals surface area contributed by atoms with E-state index >= 15 is 0 Å². The van der Waals surface area contributed by atoms with Gasteiger partial charge in [0.25, 0.3) is 0 Å². The summed E-state index contributed by atoms with van der Waals surface area (Å²) >= 11 is 0. The number of benzene rings is 1. The predicted octanol–water partition coefficient (Wildman–Crippen LogP) is 1.93. The standard InChI is InChI=1S/C15H19FN2O2/c1-4-13-15(20)18(8-14(19)17-13)10(3)11-6-5-9(2)12(16)7-11/h5-7,10,13H,4,8H2,1-3H3,(H,17,19). The van der Waals surface area contributed by atoms with E-state index in [-0.39, 0.29) is 30.2 Å². The summed E-state index contributed by atoms with van der Waals surface area (Å²) in [5, 5.41) is 2.67. The van der Waals surface area contributed by atoms with Crippen LogP contribution < -0.4 is 5.32 Å². The number of nitrogens with one attached hydrogen (secondary N) is 1. The zero-order valence-electron chi connectivity index (χ0n) is 11.9. The molecule has 0 aliphatic carbocycles. The van der Waals surface area contributed by atoms with E-state index in [9.17, 15) is 14.0 Å². The maximum atomic E-state index is 13.6. The van der Waals surface area contributed by atoms with Gasteiger partial charge in [0.15, 0.2) is 0 Å². The first kappa shape index (κ1) is 14.5. The number of nitrogens with zero attached hydrogens (tertiary/aromatic N) is 1. The predicted molar refractivity (Wildman–Crippen MR) is 73.5 cm³/mol. The second-order valence-electron chi connectivity index (χ2n) is 5.18. The van der Waals surface area contributed by atoms with Gasteiger partial charge in [0.05, 0.1) is 6.04 Å². The highest BCUT2D eigenvalue weighted by Gasteiger charge is 2.34. The van der Waals surface area contributed by atoms with Crippen LogP contribution >= 0.6 is 0 Å². The van der Waals surface area contributed by atoms with Gasteiger partial charge in [-0.05, 0) is 37.5 Å². The average Bonchev–Trinajstić information content (AvgIpc) is 2.43. The summed E-state index contributed by atoms with van der Waals surface area (Å²) in [6.45, 7) is 5.37. The monoisotopic (exact) mass is 278 g/mol. The topological polar surface area (TPSA) is 49.4 Å². The van der Waals surface area contributed by atoms with E-state index in [1.165, 1.54) is 11.0 Å². The third-order valence-electron chi connectivity index (χ3n) is 3.78. The quantitative estimate of drug-likeness (QED) is 0.918. The minimum atomic E-state index is -0.478. The molecular formula is C15H19FN2O2. The fourth-order valence-corrected chi connectivity index (χ4v) is 2.39. The molecule has 2 atom stereocenters. The van der Waals surface area contributed by atoms with Gasteiger partial charge in [-0.15, -0.1) is 0 Å². The average molecular weight is 278 g/mol. The van der Waals surface area contributed by atoms with Crippen LogP contribution in [0, 0.1) is 12.7 Å². The third kappa shape index (κ3) is 2.66. The second-order valence-corrected chi connectivity index (χ2v) is 5.18. The molecule has 0 radical (unpaired) electrons. The molecule has 1 aromatic carbocycles. The number of rotatable bonds is 3. The van der Waals surface area contributed by atoms with E-state index in [0.717, 1.165) is 0 Å². The van der Waals surface area contributed by atoms with Gasteiger partial charge < -0.3 is 10.2 Å². The maximum Gasteiger partial charge on any atom is 0.246 e. The molecule has 2 unspecified atom stereocenters. The number of carbonyl (C=O) groups excluding carboxylic acids is 2. The van der Waals surface area contributed by atoms with E-state index in [1.54, 1.807) is 19.1 Å². The smallest absolute Gasteiger partial charge is 0.246 e. The third-order valence-corrected chi connectivity index (χ3v) is 3.78. The normalized spacial score (nSPS) is 20.8. The van der Waals surface area contributed by atoms with Gasteiger partial charge in [0.2, 0.25) is 11.8 Å².